The predicted molar refractivity (Wildman–Crippen MR) is 69.6 cm³/mol. The second-order valence-corrected chi connectivity index (χ2v) is 4.75. The largest absolute Gasteiger partial charge is 0.356 e. The lowest BCUT2D eigenvalue weighted by molar-refractivity contribution is -0.122. The van der Waals surface area contributed by atoms with Crippen molar-refractivity contribution in [3.8, 4) is 0 Å². The molecule has 0 radical (unpaired) electrons. The molecule has 17 heavy (non-hydrogen) atoms. The lowest BCUT2D eigenvalue weighted by atomic mass is 10.1. The minimum Gasteiger partial charge on any atom is -0.356 e. The number of rotatable bonds is 9. The Hall–Kier alpha value is -1.06. The molecule has 0 aliphatic carbocycles. The lowest BCUT2D eigenvalue weighted by Gasteiger charge is -2.07. The van der Waals surface area contributed by atoms with Crippen molar-refractivity contribution >= 4 is 11.8 Å². The fourth-order valence-electron chi connectivity index (χ4n) is 1.46. The molecule has 0 aromatic carbocycles. The third kappa shape index (κ3) is 11.2. The standard InChI is InChI=1S/C13H26N2O2/c1-4-7-12(16)14-8-5-6-9-15-13(17)10-11(2)3/h11H,4-10H2,1-3H3,(H,14,16)(H,15,17). The van der Waals surface area contributed by atoms with Crippen LogP contribution in [-0.4, -0.2) is 24.9 Å². The Morgan fingerprint density at radius 3 is 2.00 bits per heavy atom. The van der Waals surface area contributed by atoms with Crippen molar-refractivity contribution in [2.24, 2.45) is 5.92 Å². The van der Waals surface area contributed by atoms with Gasteiger partial charge in [-0.15, -0.1) is 0 Å². The van der Waals surface area contributed by atoms with Gasteiger partial charge in [0.25, 0.3) is 0 Å². The van der Waals surface area contributed by atoms with Gasteiger partial charge in [-0.05, 0) is 25.2 Å². The molecule has 0 unspecified atom stereocenters. The SMILES string of the molecule is CCCC(=O)NCCCCNC(=O)CC(C)C. The van der Waals surface area contributed by atoms with E-state index < -0.39 is 0 Å². The van der Waals surface area contributed by atoms with Crippen LogP contribution in [0.1, 0.15) is 52.9 Å². The molecule has 0 bridgehead atoms. The van der Waals surface area contributed by atoms with Crippen LogP contribution in [0.5, 0.6) is 0 Å². The summed E-state index contributed by atoms with van der Waals surface area (Å²) in [7, 11) is 0. The van der Waals surface area contributed by atoms with Gasteiger partial charge in [0.05, 0.1) is 0 Å². The van der Waals surface area contributed by atoms with Gasteiger partial charge in [-0.1, -0.05) is 20.8 Å². The summed E-state index contributed by atoms with van der Waals surface area (Å²) in [5.74, 6) is 0.648. The van der Waals surface area contributed by atoms with Crippen molar-refractivity contribution in [2.45, 2.75) is 52.9 Å². The van der Waals surface area contributed by atoms with Crippen LogP contribution in [0.15, 0.2) is 0 Å². The highest BCUT2D eigenvalue weighted by atomic mass is 16.2. The molecule has 0 heterocycles. The average Bonchev–Trinajstić information content (AvgIpc) is 2.22. The van der Waals surface area contributed by atoms with Crippen LogP contribution in [0.2, 0.25) is 0 Å². The van der Waals surface area contributed by atoms with Gasteiger partial charge in [-0.2, -0.15) is 0 Å². The molecule has 0 atom stereocenters. The maximum absolute atomic E-state index is 11.3. The Balaban J connectivity index is 3.29. The van der Waals surface area contributed by atoms with Gasteiger partial charge in [-0.3, -0.25) is 9.59 Å². The first-order chi connectivity index (χ1) is 8.06. The number of carbonyl (C=O) groups is 2. The molecule has 0 saturated heterocycles. The van der Waals surface area contributed by atoms with Crippen LogP contribution in [0, 0.1) is 5.92 Å². The molecule has 0 saturated carbocycles. The molecule has 0 aliphatic rings. The average molecular weight is 242 g/mol. The fourth-order valence-corrected chi connectivity index (χ4v) is 1.46. The first kappa shape index (κ1) is 15.9. The van der Waals surface area contributed by atoms with E-state index in [1.165, 1.54) is 0 Å². The van der Waals surface area contributed by atoms with Crippen molar-refractivity contribution in [1.82, 2.24) is 10.6 Å². The Bertz CT molecular complexity index is 227. The zero-order valence-corrected chi connectivity index (χ0v) is 11.3. The van der Waals surface area contributed by atoms with Crippen LogP contribution < -0.4 is 10.6 Å². The number of carbonyl (C=O) groups excluding carboxylic acids is 2. The number of hydrogen-bond acceptors (Lipinski definition) is 2. The summed E-state index contributed by atoms with van der Waals surface area (Å²) < 4.78 is 0. The zero-order chi connectivity index (χ0) is 13.1. The van der Waals surface area contributed by atoms with Gasteiger partial charge in [0, 0.05) is 25.9 Å². The summed E-state index contributed by atoms with van der Waals surface area (Å²) in [6.45, 7) is 7.46. The minimum atomic E-state index is 0.120. The van der Waals surface area contributed by atoms with Gasteiger partial charge in [0.2, 0.25) is 11.8 Å². The second-order valence-electron chi connectivity index (χ2n) is 4.75. The molecule has 0 spiro atoms. The van der Waals surface area contributed by atoms with Crippen molar-refractivity contribution in [3.63, 3.8) is 0 Å². The van der Waals surface area contributed by atoms with Crippen LogP contribution in [-0.2, 0) is 9.59 Å². The quantitative estimate of drug-likeness (QED) is 0.606. The van der Waals surface area contributed by atoms with Gasteiger partial charge < -0.3 is 10.6 Å². The topological polar surface area (TPSA) is 58.2 Å². The van der Waals surface area contributed by atoms with Gasteiger partial charge in [0.15, 0.2) is 0 Å². The molecule has 0 rings (SSSR count). The van der Waals surface area contributed by atoms with Crippen LogP contribution in [0.25, 0.3) is 0 Å². The zero-order valence-electron chi connectivity index (χ0n) is 11.3. The van der Waals surface area contributed by atoms with Crippen molar-refractivity contribution in [2.75, 3.05) is 13.1 Å². The van der Waals surface area contributed by atoms with E-state index in [0.29, 0.717) is 31.8 Å². The summed E-state index contributed by atoms with van der Waals surface area (Å²) in [5.41, 5.74) is 0. The lowest BCUT2D eigenvalue weighted by Crippen LogP contribution is -2.27. The summed E-state index contributed by atoms with van der Waals surface area (Å²) in [6.07, 6.45) is 3.91. The van der Waals surface area contributed by atoms with Crippen LogP contribution in [0.4, 0.5) is 0 Å². The van der Waals surface area contributed by atoms with E-state index in [1.807, 2.05) is 20.8 Å². The van der Waals surface area contributed by atoms with Crippen molar-refractivity contribution in [3.05, 3.63) is 0 Å². The third-order valence-corrected chi connectivity index (χ3v) is 2.32. The van der Waals surface area contributed by atoms with Crippen molar-refractivity contribution in [1.29, 1.82) is 0 Å². The number of nitrogens with one attached hydrogen (secondary N) is 2. The highest BCUT2D eigenvalue weighted by Crippen LogP contribution is 1.98. The highest BCUT2D eigenvalue weighted by molar-refractivity contribution is 5.76. The van der Waals surface area contributed by atoms with E-state index in [-0.39, 0.29) is 11.8 Å². The van der Waals surface area contributed by atoms with Gasteiger partial charge >= 0.3 is 0 Å². The predicted octanol–water partition coefficient (Wildman–Crippen LogP) is 1.85. The summed E-state index contributed by atoms with van der Waals surface area (Å²) in [5, 5.41) is 5.73. The Morgan fingerprint density at radius 1 is 1.00 bits per heavy atom. The number of unbranched alkanes of at least 4 members (excludes halogenated alkanes) is 1. The Kier molecular flexibility index (Phi) is 9.49. The van der Waals surface area contributed by atoms with E-state index in [1.54, 1.807) is 0 Å². The number of hydrogen-bond donors (Lipinski definition) is 2. The summed E-state index contributed by atoms with van der Waals surface area (Å²) in [6, 6.07) is 0. The van der Waals surface area contributed by atoms with Crippen LogP contribution in [0.3, 0.4) is 0 Å². The monoisotopic (exact) mass is 242 g/mol. The van der Waals surface area contributed by atoms with E-state index in [2.05, 4.69) is 10.6 Å². The van der Waals surface area contributed by atoms with E-state index in [4.69, 9.17) is 0 Å². The molecular weight excluding hydrogens is 216 g/mol. The normalized spacial score (nSPS) is 10.4. The molecule has 2 amide bonds. The molecule has 0 aromatic rings. The van der Waals surface area contributed by atoms with Gasteiger partial charge in [0.1, 0.15) is 0 Å². The summed E-state index contributed by atoms with van der Waals surface area (Å²) >= 11 is 0. The molecule has 0 fully saturated rings. The molecule has 100 valence electrons. The number of amides is 2. The minimum absolute atomic E-state index is 0.120. The maximum atomic E-state index is 11.3. The molecule has 4 heteroatoms. The third-order valence-electron chi connectivity index (χ3n) is 2.32. The maximum Gasteiger partial charge on any atom is 0.220 e. The van der Waals surface area contributed by atoms with Crippen LogP contribution >= 0.6 is 0 Å². The second kappa shape index (κ2) is 10.1. The molecule has 0 aliphatic heterocycles. The molecule has 0 aromatic heterocycles. The summed E-state index contributed by atoms with van der Waals surface area (Å²) in [4.78, 5) is 22.4. The van der Waals surface area contributed by atoms with E-state index >= 15 is 0 Å². The smallest absolute Gasteiger partial charge is 0.220 e. The fraction of sp³-hybridized carbons (Fsp3) is 0.846. The first-order valence-corrected chi connectivity index (χ1v) is 6.59. The molecule has 4 nitrogen and oxygen atoms in total. The molecule has 2 N–H and O–H groups in total. The van der Waals surface area contributed by atoms with E-state index in [0.717, 1.165) is 19.3 Å². The first-order valence-electron chi connectivity index (χ1n) is 6.59. The Morgan fingerprint density at radius 2 is 1.53 bits per heavy atom. The van der Waals surface area contributed by atoms with E-state index in [9.17, 15) is 9.59 Å². The molecular formula is C13H26N2O2. The van der Waals surface area contributed by atoms with Crippen molar-refractivity contribution < 1.29 is 9.59 Å². The highest BCUT2D eigenvalue weighted by Gasteiger charge is 2.03. The Labute approximate surface area is 105 Å². The van der Waals surface area contributed by atoms with Gasteiger partial charge in [-0.25, -0.2) is 0 Å².